The van der Waals surface area contributed by atoms with Gasteiger partial charge in [-0.2, -0.15) is 0 Å². The van der Waals surface area contributed by atoms with Crippen LogP contribution in [0.1, 0.15) is 13.8 Å². The maximum atomic E-state index is 3.16. The van der Waals surface area contributed by atoms with Gasteiger partial charge in [-0.15, -0.1) is 0 Å². The average molecular weight is 163 g/mol. The molecule has 0 rings (SSSR count). The Morgan fingerprint density at radius 1 is 1.67 bits per heavy atom. The van der Waals surface area contributed by atoms with E-state index in [1.807, 2.05) is 0 Å². The molecular weight excluding hydrogens is 153 g/mol. The third kappa shape index (κ3) is 4.84. The number of hydrogen-bond acceptors (Lipinski definition) is 1. The molecule has 1 nitrogen and oxygen atoms in total. The molecule has 0 bridgehead atoms. The molecule has 0 aromatic carbocycles. The van der Waals surface area contributed by atoms with Crippen molar-refractivity contribution >= 4 is 0 Å². The summed E-state index contributed by atoms with van der Waals surface area (Å²) in [7, 11) is 0. The van der Waals surface area contributed by atoms with E-state index in [9.17, 15) is 0 Å². The molecule has 0 aliphatic carbocycles. The van der Waals surface area contributed by atoms with Gasteiger partial charge in [0.1, 0.15) is 0 Å². The fraction of sp³-hybridized carbons (Fsp3) is 1.00. The maximum absolute atomic E-state index is 3.16. The number of nitrogens with one attached hydrogen (secondary N) is 1. The topological polar surface area (TPSA) is 12.0 Å². The molecule has 1 N–H and O–H groups in total. The Kier molecular flexibility index (Phi) is 4.58. The third-order valence-electron chi connectivity index (χ3n) is 0.510. The van der Waals surface area contributed by atoms with Crippen LogP contribution in [-0.4, -0.2) is 6.54 Å². The number of rotatable bonds is 2. The second-order valence-electron chi connectivity index (χ2n) is 1.77. The van der Waals surface area contributed by atoms with Crippen molar-refractivity contribution in [2.45, 2.75) is 13.8 Å². The Morgan fingerprint density at radius 3 is 2.17 bits per heavy atom. The summed E-state index contributed by atoms with van der Waals surface area (Å²) in [5.41, 5.74) is 0. The minimum absolute atomic E-state index is 0.810. The van der Waals surface area contributed by atoms with Gasteiger partial charge in [0.25, 0.3) is 0 Å². The molecular formula is C4H10NZr. The van der Waals surface area contributed by atoms with Gasteiger partial charge in [0, 0.05) is 0 Å². The van der Waals surface area contributed by atoms with Gasteiger partial charge in [-0.3, -0.25) is 0 Å². The first-order chi connectivity index (χ1) is 2.77. The van der Waals surface area contributed by atoms with Gasteiger partial charge in [0.2, 0.25) is 0 Å². The molecule has 35 valence electrons. The van der Waals surface area contributed by atoms with Crippen molar-refractivity contribution in [1.29, 1.82) is 0 Å². The summed E-state index contributed by atoms with van der Waals surface area (Å²) in [6, 6.07) is 0. The summed E-state index contributed by atoms with van der Waals surface area (Å²) in [5.74, 6) is 0.810. The monoisotopic (exact) mass is 162 g/mol. The van der Waals surface area contributed by atoms with Crippen molar-refractivity contribution < 1.29 is 25.0 Å². The summed E-state index contributed by atoms with van der Waals surface area (Å²) >= 11 is 1.43. The van der Waals surface area contributed by atoms with Crippen LogP contribution >= 0.6 is 0 Å². The van der Waals surface area contributed by atoms with Crippen LogP contribution in [0.3, 0.4) is 0 Å². The van der Waals surface area contributed by atoms with Crippen LogP contribution in [0.5, 0.6) is 0 Å². The fourth-order valence-corrected chi connectivity index (χ4v) is 1.21. The summed E-state index contributed by atoms with van der Waals surface area (Å²) in [6.45, 7) is 5.58. The van der Waals surface area contributed by atoms with Crippen molar-refractivity contribution in [3.63, 3.8) is 0 Å². The molecule has 0 spiro atoms. The Hall–Kier alpha value is 0.843. The van der Waals surface area contributed by atoms with Gasteiger partial charge in [-0.05, 0) is 0 Å². The summed E-state index contributed by atoms with van der Waals surface area (Å²) < 4.78 is 3.16. The van der Waals surface area contributed by atoms with E-state index in [4.69, 9.17) is 0 Å². The molecule has 0 aromatic heterocycles. The zero-order valence-electron chi connectivity index (χ0n) is 4.28. The van der Waals surface area contributed by atoms with Crippen molar-refractivity contribution in [2.75, 3.05) is 6.54 Å². The van der Waals surface area contributed by atoms with E-state index in [0.717, 1.165) is 5.92 Å². The molecule has 0 saturated heterocycles. The van der Waals surface area contributed by atoms with Crippen molar-refractivity contribution in [1.82, 2.24) is 3.26 Å². The first kappa shape index (κ1) is 6.84. The third-order valence-corrected chi connectivity index (χ3v) is 1.01. The zero-order valence-corrected chi connectivity index (χ0v) is 6.74. The predicted octanol–water partition coefficient (Wildman–Crippen LogP) is 0.694. The number of hydrogen-bond donors (Lipinski definition) is 1. The zero-order chi connectivity index (χ0) is 4.99. The van der Waals surface area contributed by atoms with Gasteiger partial charge >= 0.3 is 54.6 Å². The van der Waals surface area contributed by atoms with Crippen LogP contribution in [0.15, 0.2) is 0 Å². The predicted molar refractivity (Wildman–Crippen MR) is 22.8 cm³/mol. The van der Waals surface area contributed by atoms with Crippen LogP contribution in [0.4, 0.5) is 0 Å². The van der Waals surface area contributed by atoms with E-state index < -0.39 is 0 Å². The van der Waals surface area contributed by atoms with Crippen LogP contribution in [0.2, 0.25) is 0 Å². The molecule has 0 radical (unpaired) electrons. The molecule has 0 fully saturated rings. The SMILES string of the molecule is CC(C)C[NH][Zr]. The summed E-state index contributed by atoms with van der Waals surface area (Å²) in [4.78, 5) is 0. The van der Waals surface area contributed by atoms with E-state index in [-0.39, 0.29) is 0 Å². The second kappa shape index (κ2) is 4.01. The van der Waals surface area contributed by atoms with Gasteiger partial charge in [0.05, 0.1) is 0 Å². The average Bonchev–Trinajstić information content (AvgIpc) is 1.35. The van der Waals surface area contributed by atoms with E-state index in [2.05, 4.69) is 17.1 Å². The van der Waals surface area contributed by atoms with E-state index in [1.165, 1.54) is 31.6 Å². The summed E-state index contributed by atoms with van der Waals surface area (Å²) in [6.07, 6.45) is 0. The van der Waals surface area contributed by atoms with E-state index in [1.54, 1.807) is 0 Å². The van der Waals surface area contributed by atoms with Gasteiger partial charge < -0.3 is 0 Å². The Labute approximate surface area is 54.8 Å². The molecule has 0 aliphatic heterocycles. The second-order valence-corrected chi connectivity index (χ2v) is 2.64. The van der Waals surface area contributed by atoms with E-state index in [0.29, 0.717) is 0 Å². The Morgan fingerprint density at radius 2 is 2.17 bits per heavy atom. The normalized spacial score (nSPS) is 9.67. The molecule has 0 saturated carbocycles. The van der Waals surface area contributed by atoms with Crippen molar-refractivity contribution in [2.24, 2.45) is 5.92 Å². The van der Waals surface area contributed by atoms with Crippen LogP contribution < -0.4 is 3.26 Å². The Balaban J connectivity index is 2.63. The molecule has 0 aliphatic rings. The van der Waals surface area contributed by atoms with Crippen molar-refractivity contribution in [3.05, 3.63) is 0 Å². The first-order valence-corrected chi connectivity index (χ1v) is 3.40. The van der Waals surface area contributed by atoms with Crippen molar-refractivity contribution in [3.8, 4) is 0 Å². The summed E-state index contributed by atoms with van der Waals surface area (Å²) in [5, 5.41) is 0. The molecule has 0 unspecified atom stereocenters. The molecule has 2 heteroatoms. The van der Waals surface area contributed by atoms with Gasteiger partial charge in [-0.25, -0.2) is 0 Å². The van der Waals surface area contributed by atoms with Gasteiger partial charge in [0.15, 0.2) is 0 Å². The minimum atomic E-state index is 0.810. The molecule has 6 heavy (non-hydrogen) atoms. The van der Waals surface area contributed by atoms with E-state index >= 15 is 0 Å². The molecule has 0 heterocycles. The molecule has 0 atom stereocenters. The first-order valence-electron chi connectivity index (χ1n) is 2.17. The molecule has 0 aromatic rings. The van der Waals surface area contributed by atoms with Crippen LogP contribution in [-0.2, 0) is 25.0 Å². The standard InChI is InChI=1S/C4H10N.Zr/c1-4(2)3-5;/h4-5H,3H2,1-2H3;/q-1;+1. The molecule has 0 amide bonds. The van der Waals surface area contributed by atoms with Gasteiger partial charge in [-0.1, -0.05) is 0 Å². The van der Waals surface area contributed by atoms with Crippen LogP contribution in [0, 0.1) is 5.92 Å². The Bertz CT molecular complexity index is 28.7. The fourth-order valence-electron chi connectivity index (χ4n) is 0.204. The van der Waals surface area contributed by atoms with Crippen LogP contribution in [0.25, 0.3) is 0 Å². The quantitative estimate of drug-likeness (QED) is 0.632.